The molecule has 3 N–H and O–H groups in total. The predicted octanol–water partition coefficient (Wildman–Crippen LogP) is 3.51. The highest BCUT2D eigenvalue weighted by atomic mass is 32.2. The molecule has 19 heavy (non-hydrogen) atoms. The lowest BCUT2D eigenvalue weighted by Gasteiger charge is -2.16. The van der Waals surface area contributed by atoms with Crippen LogP contribution < -0.4 is 11.1 Å². The van der Waals surface area contributed by atoms with E-state index >= 15 is 0 Å². The van der Waals surface area contributed by atoms with Gasteiger partial charge in [0, 0.05) is 34.2 Å². The van der Waals surface area contributed by atoms with Gasteiger partial charge in [-0.3, -0.25) is 4.98 Å². The maximum absolute atomic E-state index is 5.81. The number of nitrogen functional groups attached to an aromatic ring is 1. The van der Waals surface area contributed by atoms with Gasteiger partial charge in [-0.15, -0.1) is 0 Å². The standard InChI is InChI=1S/C15H19N3S/c1-19-12-4-3-11(9-12)18-14-6-7-17-15-8-10(16)2-5-13(14)15/h2,5-8,11-12H,3-4,9,16H2,1H3,(H,17,18). The Balaban J connectivity index is 1.85. The van der Waals surface area contributed by atoms with E-state index in [0.29, 0.717) is 6.04 Å². The van der Waals surface area contributed by atoms with Crippen LogP contribution in [0.25, 0.3) is 10.9 Å². The second-order valence-corrected chi connectivity index (χ2v) is 6.29. The zero-order valence-electron chi connectivity index (χ0n) is 11.1. The summed E-state index contributed by atoms with van der Waals surface area (Å²) in [5.41, 5.74) is 8.71. The van der Waals surface area contributed by atoms with E-state index in [4.69, 9.17) is 5.73 Å². The summed E-state index contributed by atoms with van der Waals surface area (Å²) in [4.78, 5) is 4.38. The molecule has 3 nitrogen and oxygen atoms in total. The highest BCUT2D eigenvalue weighted by Gasteiger charge is 2.23. The monoisotopic (exact) mass is 273 g/mol. The summed E-state index contributed by atoms with van der Waals surface area (Å²) < 4.78 is 0. The molecule has 0 aliphatic heterocycles. The Labute approximate surface area is 118 Å². The Morgan fingerprint density at radius 1 is 1.32 bits per heavy atom. The number of anilines is 2. The molecule has 4 heteroatoms. The fraction of sp³-hybridized carbons (Fsp3) is 0.400. The summed E-state index contributed by atoms with van der Waals surface area (Å²) in [7, 11) is 0. The molecule has 0 bridgehead atoms. The number of thioether (sulfide) groups is 1. The van der Waals surface area contributed by atoms with Crippen LogP contribution in [0, 0.1) is 0 Å². The minimum Gasteiger partial charge on any atom is -0.399 e. The smallest absolute Gasteiger partial charge is 0.0743 e. The van der Waals surface area contributed by atoms with Crippen LogP contribution in [0.3, 0.4) is 0 Å². The normalized spacial score (nSPS) is 22.8. The van der Waals surface area contributed by atoms with Gasteiger partial charge in [0.25, 0.3) is 0 Å². The van der Waals surface area contributed by atoms with Gasteiger partial charge in [-0.1, -0.05) is 0 Å². The number of fused-ring (bicyclic) bond motifs is 1. The van der Waals surface area contributed by atoms with E-state index in [1.807, 2.05) is 30.1 Å². The van der Waals surface area contributed by atoms with Gasteiger partial charge in [0.2, 0.25) is 0 Å². The molecule has 1 aromatic carbocycles. The summed E-state index contributed by atoms with van der Waals surface area (Å²) in [6.07, 6.45) is 7.88. The van der Waals surface area contributed by atoms with Gasteiger partial charge < -0.3 is 11.1 Å². The number of nitrogens with two attached hydrogens (primary N) is 1. The quantitative estimate of drug-likeness (QED) is 0.840. The molecule has 1 aliphatic rings. The minimum atomic E-state index is 0.584. The molecule has 2 aromatic rings. The largest absolute Gasteiger partial charge is 0.399 e. The molecule has 0 amide bonds. The van der Waals surface area contributed by atoms with Crippen LogP contribution in [-0.2, 0) is 0 Å². The van der Waals surface area contributed by atoms with E-state index in [-0.39, 0.29) is 0 Å². The van der Waals surface area contributed by atoms with Gasteiger partial charge in [0.15, 0.2) is 0 Å². The van der Waals surface area contributed by atoms with E-state index in [1.54, 1.807) is 0 Å². The third-order valence-corrected chi connectivity index (χ3v) is 4.94. The summed E-state index contributed by atoms with van der Waals surface area (Å²) in [6, 6.07) is 8.57. The second kappa shape index (κ2) is 5.29. The van der Waals surface area contributed by atoms with Crippen LogP contribution in [0.5, 0.6) is 0 Å². The van der Waals surface area contributed by atoms with Crippen molar-refractivity contribution < 1.29 is 0 Å². The van der Waals surface area contributed by atoms with Gasteiger partial charge in [-0.05, 0) is 49.8 Å². The van der Waals surface area contributed by atoms with Gasteiger partial charge in [0.1, 0.15) is 0 Å². The zero-order chi connectivity index (χ0) is 13.2. The van der Waals surface area contributed by atoms with E-state index in [2.05, 4.69) is 28.7 Å². The number of benzene rings is 1. The maximum atomic E-state index is 5.81. The van der Waals surface area contributed by atoms with Crippen LogP contribution >= 0.6 is 11.8 Å². The molecular weight excluding hydrogens is 254 g/mol. The Morgan fingerprint density at radius 2 is 2.21 bits per heavy atom. The summed E-state index contributed by atoms with van der Waals surface area (Å²) in [5.74, 6) is 0. The van der Waals surface area contributed by atoms with Crippen molar-refractivity contribution in [2.45, 2.75) is 30.6 Å². The molecule has 1 saturated carbocycles. The van der Waals surface area contributed by atoms with Crippen molar-refractivity contribution in [3.63, 3.8) is 0 Å². The molecular formula is C15H19N3S. The first kappa shape index (κ1) is 12.6. The van der Waals surface area contributed by atoms with E-state index in [0.717, 1.165) is 21.8 Å². The van der Waals surface area contributed by atoms with E-state index < -0.39 is 0 Å². The number of nitrogens with zero attached hydrogens (tertiary/aromatic N) is 1. The molecule has 100 valence electrons. The SMILES string of the molecule is CSC1CCC(Nc2ccnc3cc(N)ccc23)C1. The fourth-order valence-corrected chi connectivity index (χ4v) is 3.59. The lowest BCUT2D eigenvalue weighted by molar-refractivity contribution is 0.758. The highest BCUT2D eigenvalue weighted by molar-refractivity contribution is 7.99. The Morgan fingerprint density at radius 3 is 3.00 bits per heavy atom. The van der Waals surface area contributed by atoms with Crippen molar-refractivity contribution in [2.24, 2.45) is 0 Å². The van der Waals surface area contributed by atoms with E-state index in [9.17, 15) is 0 Å². The minimum absolute atomic E-state index is 0.584. The molecule has 1 heterocycles. The highest BCUT2D eigenvalue weighted by Crippen LogP contribution is 2.32. The average Bonchev–Trinajstić information content (AvgIpc) is 2.86. The number of aromatic nitrogens is 1. The third-order valence-electron chi connectivity index (χ3n) is 3.84. The van der Waals surface area contributed by atoms with Gasteiger partial charge in [-0.25, -0.2) is 0 Å². The number of pyridine rings is 1. The van der Waals surface area contributed by atoms with Crippen molar-refractivity contribution in [1.29, 1.82) is 0 Å². The van der Waals surface area contributed by atoms with Crippen molar-refractivity contribution >= 4 is 34.0 Å². The van der Waals surface area contributed by atoms with Crippen molar-refractivity contribution in [1.82, 2.24) is 4.98 Å². The van der Waals surface area contributed by atoms with Crippen molar-refractivity contribution in [3.8, 4) is 0 Å². The maximum Gasteiger partial charge on any atom is 0.0743 e. The van der Waals surface area contributed by atoms with Crippen LogP contribution in [0.1, 0.15) is 19.3 Å². The number of rotatable bonds is 3. The molecule has 0 saturated heterocycles. The molecule has 2 unspecified atom stereocenters. The summed E-state index contributed by atoms with van der Waals surface area (Å²) in [6.45, 7) is 0. The first-order valence-corrected chi connectivity index (χ1v) is 7.98. The number of hydrogen-bond donors (Lipinski definition) is 2. The zero-order valence-corrected chi connectivity index (χ0v) is 11.9. The van der Waals surface area contributed by atoms with Crippen LogP contribution in [0.4, 0.5) is 11.4 Å². The molecule has 3 rings (SSSR count). The Kier molecular flexibility index (Phi) is 3.51. The van der Waals surface area contributed by atoms with E-state index in [1.165, 1.54) is 24.9 Å². The molecule has 0 spiro atoms. The van der Waals surface area contributed by atoms with Gasteiger partial charge in [0.05, 0.1) is 5.52 Å². The predicted molar refractivity (Wildman–Crippen MR) is 84.7 cm³/mol. The number of hydrogen-bond acceptors (Lipinski definition) is 4. The first-order valence-electron chi connectivity index (χ1n) is 6.70. The van der Waals surface area contributed by atoms with Gasteiger partial charge >= 0.3 is 0 Å². The average molecular weight is 273 g/mol. The third kappa shape index (κ3) is 2.63. The molecule has 0 radical (unpaired) electrons. The number of nitrogens with one attached hydrogen (secondary N) is 1. The van der Waals surface area contributed by atoms with Gasteiger partial charge in [-0.2, -0.15) is 11.8 Å². The molecule has 1 fully saturated rings. The van der Waals surface area contributed by atoms with Crippen molar-refractivity contribution in [2.75, 3.05) is 17.3 Å². The second-order valence-electron chi connectivity index (χ2n) is 5.15. The molecule has 2 atom stereocenters. The summed E-state index contributed by atoms with van der Waals surface area (Å²) >= 11 is 1.98. The van der Waals surface area contributed by atoms with Crippen LogP contribution in [0.2, 0.25) is 0 Å². The topological polar surface area (TPSA) is 50.9 Å². The Bertz CT molecular complexity index is 585. The first-order chi connectivity index (χ1) is 9.26. The molecule has 1 aliphatic carbocycles. The van der Waals surface area contributed by atoms with Crippen LogP contribution in [-0.4, -0.2) is 22.5 Å². The van der Waals surface area contributed by atoms with Crippen LogP contribution in [0.15, 0.2) is 30.5 Å². The van der Waals surface area contributed by atoms with Crippen molar-refractivity contribution in [3.05, 3.63) is 30.5 Å². The lowest BCUT2D eigenvalue weighted by Crippen LogP contribution is -2.16. The summed E-state index contributed by atoms with van der Waals surface area (Å²) in [5, 5.41) is 5.64. The molecule has 1 aromatic heterocycles. The lowest BCUT2D eigenvalue weighted by atomic mass is 10.1. The fourth-order valence-electron chi connectivity index (χ4n) is 2.80. The Hall–Kier alpha value is -1.42.